The van der Waals surface area contributed by atoms with Crippen molar-refractivity contribution in [2.24, 2.45) is 0 Å². The summed E-state index contributed by atoms with van der Waals surface area (Å²) in [7, 11) is 0. The van der Waals surface area contributed by atoms with Gasteiger partial charge in [-0.25, -0.2) is 0 Å². The largest absolute Gasteiger partial charge is 0.508 e. The number of benzene rings is 2. The highest BCUT2D eigenvalue weighted by atomic mass is 16.3. The monoisotopic (exact) mass is 379 g/mol. The number of hydrogen-bond donors (Lipinski definition) is 4. The number of aliphatic hydroxyl groups is 1. The van der Waals surface area contributed by atoms with Gasteiger partial charge in [-0.1, -0.05) is 18.2 Å². The van der Waals surface area contributed by atoms with Crippen LogP contribution in [0.1, 0.15) is 38.8 Å². The molecule has 1 aliphatic rings. The molecule has 0 spiro atoms. The first-order chi connectivity index (χ1) is 13.4. The van der Waals surface area contributed by atoms with Crippen LogP contribution in [0.3, 0.4) is 0 Å². The molecule has 0 bridgehead atoms. The zero-order valence-electron chi connectivity index (χ0n) is 15.6. The smallest absolute Gasteiger partial charge is 0.273 e. The van der Waals surface area contributed by atoms with E-state index in [9.17, 15) is 20.1 Å². The summed E-state index contributed by atoms with van der Waals surface area (Å²) in [5.41, 5.74) is 4.37. The van der Waals surface area contributed by atoms with Gasteiger partial charge >= 0.3 is 0 Å². The third kappa shape index (κ3) is 2.71. The van der Waals surface area contributed by atoms with E-state index >= 15 is 0 Å². The lowest BCUT2D eigenvalue weighted by Crippen LogP contribution is -2.32. The molecular formula is C21H21N3O4. The molecule has 1 amide bonds. The number of fused-ring (bicyclic) bond motifs is 1. The first-order valence-electron chi connectivity index (χ1n) is 9.02. The van der Waals surface area contributed by atoms with Crippen LogP contribution in [0.5, 0.6) is 11.5 Å². The molecule has 4 N–H and O–H groups in total. The number of phenols is 2. The van der Waals surface area contributed by atoms with Gasteiger partial charge in [-0.3, -0.25) is 9.89 Å². The fourth-order valence-corrected chi connectivity index (χ4v) is 3.92. The molecule has 4 rings (SSSR count). The first kappa shape index (κ1) is 18.1. The Hall–Kier alpha value is -3.32. The zero-order chi connectivity index (χ0) is 20.0. The molecule has 0 aliphatic carbocycles. The van der Waals surface area contributed by atoms with Gasteiger partial charge in [-0.2, -0.15) is 5.10 Å². The number of aromatic nitrogens is 2. The Morgan fingerprint density at radius 1 is 1.18 bits per heavy atom. The number of carbonyl (C=O) groups is 1. The number of β-amino-alcohol motifs (C(OH)–C–C–N with tert-alkyl or cyclic N) is 1. The van der Waals surface area contributed by atoms with Crippen LogP contribution in [-0.4, -0.2) is 49.5 Å². The van der Waals surface area contributed by atoms with Crippen LogP contribution in [0.2, 0.25) is 0 Å². The van der Waals surface area contributed by atoms with E-state index < -0.39 is 6.04 Å². The highest BCUT2D eigenvalue weighted by Gasteiger charge is 2.42. The molecule has 28 heavy (non-hydrogen) atoms. The summed E-state index contributed by atoms with van der Waals surface area (Å²) >= 11 is 0. The van der Waals surface area contributed by atoms with Crippen LogP contribution >= 0.6 is 0 Å². The van der Waals surface area contributed by atoms with Crippen LogP contribution in [-0.2, 0) is 0 Å². The molecule has 0 saturated carbocycles. The predicted molar refractivity (Wildman–Crippen MR) is 103 cm³/mol. The summed E-state index contributed by atoms with van der Waals surface area (Å²) < 4.78 is 0. The number of aromatic amines is 1. The van der Waals surface area contributed by atoms with Crippen LogP contribution in [0.25, 0.3) is 11.3 Å². The predicted octanol–water partition coefficient (Wildman–Crippen LogP) is 2.64. The maximum absolute atomic E-state index is 12.9. The van der Waals surface area contributed by atoms with Crippen molar-refractivity contribution in [3.05, 3.63) is 64.3 Å². The van der Waals surface area contributed by atoms with Gasteiger partial charge in [-0.15, -0.1) is 0 Å². The Morgan fingerprint density at radius 3 is 2.68 bits per heavy atom. The standard InChI is InChI=1S/C21H21N3O4/c1-11-8-12(2)20(27)15(9-11)17-16-18(23-22-17)21(28)24(6-7-25)19(16)13-4-3-5-14(26)10-13/h3-5,8-10,19,25-27H,6-7H2,1-2H3,(H,22,23). The van der Waals surface area contributed by atoms with Gasteiger partial charge in [0, 0.05) is 17.7 Å². The van der Waals surface area contributed by atoms with E-state index in [1.54, 1.807) is 23.1 Å². The summed E-state index contributed by atoms with van der Waals surface area (Å²) in [5.74, 6) is -0.0794. The van der Waals surface area contributed by atoms with Gasteiger partial charge in [0.2, 0.25) is 0 Å². The van der Waals surface area contributed by atoms with Crippen molar-refractivity contribution in [1.29, 1.82) is 0 Å². The van der Waals surface area contributed by atoms with E-state index in [0.717, 1.165) is 11.1 Å². The van der Waals surface area contributed by atoms with Gasteiger partial charge in [0.1, 0.15) is 22.9 Å². The number of nitrogens with zero attached hydrogens (tertiary/aromatic N) is 2. The molecular weight excluding hydrogens is 358 g/mol. The molecule has 0 saturated heterocycles. The van der Waals surface area contributed by atoms with Crippen molar-refractivity contribution in [3.63, 3.8) is 0 Å². The lowest BCUT2D eigenvalue weighted by molar-refractivity contribution is 0.0706. The number of aliphatic hydroxyl groups excluding tert-OH is 1. The number of amides is 1. The van der Waals surface area contributed by atoms with Gasteiger partial charge in [-0.05, 0) is 48.7 Å². The van der Waals surface area contributed by atoms with E-state index in [1.165, 1.54) is 0 Å². The highest BCUT2D eigenvalue weighted by molar-refractivity contribution is 6.00. The lowest BCUT2D eigenvalue weighted by Gasteiger charge is -2.25. The average Bonchev–Trinajstić information content (AvgIpc) is 3.18. The summed E-state index contributed by atoms with van der Waals surface area (Å²) in [5, 5.41) is 37.2. The van der Waals surface area contributed by atoms with Crippen molar-refractivity contribution in [2.75, 3.05) is 13.2 Å². The third-order valence-corrected chi connectivity index (χ3v) is 5.09. The Labute approximate surface area is 161 Å². The van der Waals surface area contributed by atoms with Gasteiger partial charge in [0.05, 0.1) is 12.6 Å². The van der Waals surface area contributed by atoms with E-state index in [1.807, 2.05) is 32.0 Å². The number of aromatic hydroxyl groups is 2. The lowest BCUT2D eigenvalue weighted by atomic mass is 9.94. The second-order valence-electron chi connectivity index (χ2n) is 7.06. The minimum Gasteiger partial charge on any atom is -0.508 e. The van der Waals surface area contributed by atoms with Gasteiger partial charge in [0.25, 0.3) is 5.91 Å². The van der Waals surface area contributed by atoms with E-state index in [2.05, 4.69) is 10.2 Å². The van der Waals surface area contributed by atoms with E-state index in [0.29, 0.717) is 28.1 Å². The molecule has 1 aliphatic heterocycles. The molecule has 144 valence electrons. The normalized spacial score (nSPS) is 15.9. The quantitative estimate of drug-likeness (QED) is 0.557. The molecule has 0 fully saturated rings. The van der Waals surface area contributed by atoms with Crippen LogP contribution in [0, 0.1) is 13.8 Å². The first-order valence-corrected chi connectivity index (χ1v) is 9.02. The molecule has 1 aromatic heterocycles. The summed E-state index contributed by atoms with van der Waals surface area (Å²) in [6.45, 7) is 3.69. The molecule has 1 unspecified atom stereocenters. The molecule has 2 heterocycles. The van der Waals surface area contributed by atoms with Crippen molar-refractivity contribution in [3.8, 4) is 22.8 Å². The minimum atomic E-state index is -0.532. The van der Waals surface area contributed by atoms with Crippen molar-refractivity contribution in [2.45, 2.75) is 19.9 Å². The maximum atomic E-state index is 12.9. The Kier molecular flexibility index (Phi) is 4.31. The zero-order valence-corrected chi connectivity index (χ0v) is 15.6. The SMILES string of the molecule is Cc1cc(C)c(O)c(-c2n[nH]c3c2C(c2cccc(O)c2)N(CCO)C3=O)c1. The minimum absolute atomic E-state index is 0.0849. The number of aryl methyl sites for hydroxylation is 2. The fourth-order valence-electron chi connectivity index (χ4n) is 3.92. The summed E-state index contributed by atoms with van der Waals surface area (Å²) in [6, 6.07) is 9.85. The molecule has 1 atom stereocenters. The van der Waals surface area contributed by atoms with Crippen LogP contribution in [0.4, 0.5) is 0 Å². The number of rotatable bonds is 4. The average molecular weight is 379 g/mol. The maximum Gasteiger partial charge on any atom is 0.273 e. The second-order valence-corrected chi connectivity index (χ2v) is 7.06. The second kappa shape index (κ2) is 6.69. The topological polar surface area (TPSA) is 110 Å². The molecule has 7 heteroatoms. The van der Waals surface area contributed by atoms with Crippen LogP contribution < -0.4 is 0 Å². The molecule has 2 aromatic carbocycles. The van der Waals surface area contributed by atoms with E-state index in [4.69, 9.17) is 0 Å². The van der Waals surface area contributed by atoms with Gasteiger partial charge < -0.3 is 20.2 Å². The summed E-state index contributed by atoms with van der Waals surface area (Å²) in [4.78, 5) is 14.5. The number of nitrogens with one attached hydrogen (secondary N) is 1. The third-order valence-electron chi connectivity index (χ3n) is 5.09. The highest BCUT2D eigenvalue weighted by Crippen LogP contribution is 2.45. The molecule has 3 aromatic rings. The molecule has 0 radical (unpaired) electrons. The van der Waals surface area contributed by atoms with Crippen molar-refractivity contribution in [1.82, 2.24) is 15.1 Å². The Balaban J connectivity index is 1.95. The fraction of sp³-hybridized carbons (Fsp3) is 0.238. The number of H-pyrrole nitrogens is 1. The van der Waals surface area contributed by atoms with Gasteiger partial charge in [0.15, 0.2) is 0 Å². The molecule has 7 nitrogen and oxygen atoms in total. The number of carbonyl (C=O) groups excluding carboxylic acids is 1. The van der Waals surface area contributed by atoms with Crippen LogP contribution in [0.15, 0.2) is 36.4 Å². The number of phenolic OH excluding ortho intramolecular Hbond substituents is 2. The van der Waals surface area contributed by atoms with Crippen molar-refractivity contribution < 1.29 is 20.1 Å². The number of hydrogen-bond acceptors (Lipinski definition) is 5. The Bertz CT molecular complexity index is 1070. The summed E-state index contributed by atoms with van der Waals surface area (Å²) in [6.07, 6.45) is 0. The van der Waals surface area contributed by atoms with E-state index in [-0.39, 0.29) is 30.6 Å². The Morgan fingerprint density at radius 2 is 1.96 bits per heavy atom. The van der Waals surface area contributed by atoms with Crippen molar-refractivity contribution >= 4 is 5.91 Å².